The molecule has 1 aromatic rings. The Kier molecular flexibility index (Phi) is 7.16. The molecule has 2 N–H and O–H groups in total. The van der Waals surface area contributed by atoms with Gasteiger partial charge >= 0.3 is 5.97 Å². The first kappa shape index (κ1) is 20.4. The number of benzene rings is 1. The Labute approximate surface area is 162 Å². The highest BCUT2D eigenvalue weighted by molar-refractivity contribution is 8.14. The van der Waals surface area contributed by atoms with Crippen LogP contribution in [-0.2, 0) is 14.4 Å². The number of nitrogens with one attached hydrogen (secondary N) is 1. The molecule has 0 aromatic heterocycles. The Morgan fingerprint density at radius 2 is 2.00 bits per heavy atom. The van der Waals surface area contributed by atoms with Crippen molar-refractivity contribution in [2.45, 2.75) is 31.0 Å². The number of thioether (sulfide) groups is 1. The lowest BCUT2D eigenvalue weighted by Crippen LogP contribution is -2.45. The van der Waals surface area contributed by atoms with Crippen molar-refractivity contribution < 1.29 is 19.5 Å². The molecule has 1 aromatic carbocycles. The number of rotatable bonds is 7. The fourth-order valence-electron chi connectivity index (χ4n) is 2.46. The van der Waals surface area contributed by atoms with Gasteiger partial charge in [-0.3, -0.25) is 9.59 Å². The Morgan fingerprint density at radius 3 is 2.58 bits per heavy atom. The summed E-state index contributed by atoms with van der Waals surface area (Å²) in [6, 6.07) is 8.56. The predicted molar refractivity (Wildman–Crippen MR) is 106 cm³/mol. The molecule has 6 nitrogen and oxygen atoms in total. The molecule has 1 saturated heterocycles. The van der Waals surface area contributed by atoms with Gasteiger partial charge in [-0.15, -0.1) is 12.6 Å². The highest BCUT2D eigenvalue weighted by Gasteiger charge is 2.34. The molecule has 26 heavy (non-hydrogen) atoms. The number of nitrogens with zero attached hydrogens (tertiary/aromatic N) is 1. The van der Waals surface area contributed by atoms with Crippen molar-refractivity contribution in [2.24, 2.45) is 5.92 Å². The van der Waals surface area contributed by atoms with E-state index in [0.29, 0.717) is 4.91 Å². The molecule has 140 valence electrons. The molecule has 0 bridgehead atoms. The van der Waals surface area contributed by atoms with Crippen LogP contribution in [-0.4, -0.2) is 45.1 Å². The van der Waals surface area contributed by atoms with Gasteiger partial charge in [0.1, 0.15) is 10.7 Å². The van der Waals surface area contributed by atoms with Crippen molar-refractivity contribution >= 4 is 48.3 Å². The molecular formula is C18H22N2O4S2. The first-order chi connectivity index (χ1) is 12.3. The van der Waals surface area contributed by atoms with Gasteiger partial charge in [-0.05, 0) is 17.6 Å². The van der Waals surface area contributed by atoms with Crippen LogP contribution in [0.25, 0.3) is 6.08 Å². The normalized spacial score (nSPS) is 19.8. The highest BCUT2D eigenvalue weighted by atomic mass is 32.2. The third-order valence-electron chi connectivity index (χ3n) is 3.90. The summed E-state index contributed by atoms with van der Waals surface area (Å²) in [4.78, 5) is 37.8. The molecule has 1 fully saturated rings. The lowest BCUT2D eigenvalue weighted by molar-refractivity contribution is -0.143. The van der Waals surface area contributed by atoms with Crippen molar-refractivity contribution in [3.63, 3.8) is 0 Å². The lowest BCUT2D eigenvalue weighted by atomic mass is 10.0. The van der Waals surface area contributed by atoms with E-state index >= 15 is 0 Å². The third kappa shape index (κ3) is 5.28. The van der Waals surface area contributed by atoms with Crippen molar-refractivity contribution in [1.82, 2.24) is 10.2 Å². The van der Waals surface area contributed by atoms with Gasteiger partial charge in [0.15, 0.2) is 0 Å². The van der Waals surface area contributed by atoms with E-state index in [1.807, 2.05) is 30.3 Å². The summed E-state index contributed by atoms with van der Waals surface area (Å²) in [5, 5.41) is 11.6. The van der Waals surface area contributed by atoms with Crippen molar-refractivity contribution in [3.8, 4) is 0 Å². The van der Waals surface area contributed by atoms with Crippen LogP contribution in [0.5, 0.6) is 0 Å². The van der Waals surface area contributed by atoms with E-state index in [-0.39, 0.29) is 29.5 Å². The van der Waals surface area contributed by atoms with E-state index in [1.165, 1.54) is 16.7 Å². The molecule has 0 radical (unpaired) electrons. The van der Waals surface area contributed by atoms with Crippen molar-refractivity contribution in [1.29, 1.82) is 0 Å². The van der Waals surface area contributed by atoms with Gasteiger partial charge in [-0.1, -0.05) is 55.9 Å². The maximum absolute atomic E-state index is 12.5. The van der Waals surface area contributed by atoms with E-state index in [9.17, 15) is 14.4 Å². The minimum atomic E-state index is -1.07. The molecule has 0 saturated carbocycles. The van der Waals surface area contributed by atoms with E-state index in [0.717, 1.165) is 5.56 Å². The Balaban J connectivity index is 1.95. The van der Waals surface area contributed by atoms with Crippen LogP contribution >= 0.6 is 24.4 Å². The fourth-order valence-corrected chi connectivity index (χ4v) is 4.00. The van der Waals surface area contributed by atoms with Crippen LogP contribution in [0.15, 0.2) is 35.2 Å². The van der Waals surface area contributed by atoms with Crippen LogP contribution in [0.2, 0.25) is 0 Å². The molecular weight excluding hydrogens is 372 g/mol. The second kappa shape index (κ2) is 9.14. The summed E-state index contributed by atoms with van der Waals surface area (Å²) in [7, 11) is 0. The summed E-state index contributed by atoms with van der Waals surface area (Å²) >= 11 is 5.74. The van der Waals surface area contributed by atoms with Gasteiger partial charge in [0, 0.05) is 13.0 Å². The van der Waals surface area contributed by atoms with E-state index in [1.54, 1.807) is 19.9 Å². The Hall–Kier alpha value is -1.93. The molecule has 0 spiro atoms. The molecule has 1 heterocycles. The second-order valence-corrected chi connectivity index (χ2v) is 8.20. The average Bonchev–Trinajstić information content (AvgIpc) is 2.84. The maximum atomic E-state index is 12.5. The minimum absolute atomic E-state index is 0.0263. The molecule has 2 atom stereocenters. The smallest absolute Gasteiger partial charge is 0.326 e. The molecule has 0 aliphatic carbocycles. The summed E-state index contributed by atoms with van der Waals surface area (Å²) in [5.41, 5.74) is 0.921. The summed E-state index contributed by atoms with van der Waals surface area (Å²) in [5.74, 6) is -1.87. The highest BCUT2D eigenvalue weighted by Crippen LogP contribution is 2.38. The predicted octanol–water partition coefficient (Wildman–Crippen LogP) is 2.43. The van der Waals surface area contributed by atoms with Crippen LogP contribution in [0.3, 0.4) is 0 Å². The van der Waals surface area contributed by atoms with E-state index in [4.69, 9.17) is 5.11 Å². The standard InChI is InChI=1S/C18H22N2O4S2/c1-11(2)15(17(23)24)19-14(21)8-9-20-16(22)13(26-18(20)25)10-12-6-4-3-5-7-12/h3-7,10-11,15,18,25H,8-9H2,1-2H3,(H,19,21)(H,23,24)/b13-10+. The first-order valence-corrected chi connectivity index (χ1v) is 9.64. The van der Waals surface area contributed by atoms with Gasteiger partial charge < -0.3 is 15.3 Å². The average molecular weight is 395 g/mol. The summed E-state index contributed by atoms with van der Waals surface area (Å²) < 4.78 is -0.370. The van der Waals surface area contributed by atoms with Gasteiger partial charge in [0.2, 0.25) is 5.91 Å². The second-order valence-electron chi connectivity index (χ2n) is 6.24. The van der Waals surface area contributed by atoms with Crippen LogP contribution in [0.4, 0.5) is 0 Å². The molecule has 1 aliphatic heterocycles. The zero-order chi connectivity index (χ0) is 19.3. The summed E-state index contributed by atoms with van der Waals surface area (Å²) in [6.45, 7) is 3.64. The van der Waals surface area contributed by atoms with Gasteiger partial charge in [-0.25, -0.2) is 4.79 Å². The number of amides is 2. The fraction of sp³-hybridized carbons (Fsp3) is 0.389. The van der Waals surface area contributed by atoms with Gasteiger partial charge in [0.05, 0.1) is 4.91 Å². The molecule has 2 unspecified atom stereocenters. The van der Waals surface area contributed by atoms with Crippen molar-refractivity contribution in [2.75, 3.05) is 6.54 Å². The SMILES string of the molecule is CC(C)C(NC(=O)CCN1C(=O)/C(=C\c2ccccc2)SC1S)C(=O)O. The quantitative estimate of drug-likeness (QED) is 0.488. The monoisotopic (exact) mass is 394 g/mol. The zero-order valence-corrected chi connectivity index (χ0v) is 16.3. The number of hydrogen-bond donors (Lipinski definition) is 3. The Bertz CT molecular complexity index is 706. The van der Waals surface area contributed by atoms with E-state index < -0.39 is 17.9 Å². The first-order valence-electron chi connectivity index (χ1n) is 8.24. The van der Waals surface area contributed by atoms with Crippen LogP contribution in [0.1, 0.15) is 25.8 Å². The number of carboxylic acid groups (broad SMARTS) is 1. The summed E-state index contributed by atoms with van der Waals surface area (Å²) in [6.07, 6.45) is 1.83. The molecule has 2 rings (SSSR count). The number of carbonyl (C=O) groups excluding carboxylic acids is 2. The maximum Gasteiger partial charge on any atom is 0.326 e. The largest absolute Gasteiger partial charge is 0.480 e. The molecule has 1 aliphatic rings. The van der Waals surface area contributed by atoms with Crippen LogP contribution in [0, 0.1) is 5.92 Å². The number of hydrogen-bond acceptors (Lipinski definition) is 5. The number of carboxylic acids is 1. The number of carbonyl (C=O) groups is 3. The number of thiol groups is 1. The third-order valence-corrected chi connectivity index (χ3v) is 5.50. The molecule has 2 amide bonds. The topological polar surface area (TPSA) is 86.7 Å². The number of aliphatic carboxylic acids is 1. The minimum Gasteiger partial charge on any atom is -0.480 e. The van der Waals surface area contributed by atoms with Crippen molar-refractivity contribution in [3.05, 3.63) is 40.8 Å². The van der Waals surface area contributed by atoms with Gasteiger partial charge in [-0.2, -0.15) is 0 Å². The Morgan fingerprint density at radius 1 is 1.35 bits per heavy atom. The van der Waals surface area contributed by atoms with Gasteiger partial charge in [0.25, 0.3) is 5.91 Å². The van der Waals surface area contributed by atoms with Crippen LogP contribution < -0.4 is 5.32 Å². The lowest BCUT2D eigenvalue weighted by Gasteiger charge is -2.21. The zero-order valence-electron chi connectivity index (χ0n) is 14.6. The van der Waals surface area contributed by atoms with E-state index in [2.05, 4.69) is 17.9 Å². The molecule has 8 heteroatoms.